The molecule has 2 heterocycles. The van der Waals surface area contributed by atoms with E-state index in [1.807, 2.05) is 61.0 Å². The van der Waals surface area contributed by atoms with Crippen LogP contribution < -0.4 is 20.5 Å². The van der Waals surface area contributed by atoms with Crippen LogP contribution in [0.25, 0.3) is 17.5 Å². The molecule has 0 saturated carbocycles. The maximum absolute atomic E-state index is 13.5. The van der Waals surface area contributed by atoms with Crippen LogP contribution in [0.1, 0.15) is 17.0 Å². The normalized spacial score (nSPS) is 15.6. The lowest BCUT2D eigenvalue weighted by Gasteiger charge is -2.26. The van der Waals surface area contributed by atoms with Crippen LogP contribution in [0.5, 0.6) is 0 Å². The van der Waals surface area contributed by atoms with Gasteiger partial charge in [0.25, 0.3) is 5.56 Å². The summed E-state index contributed by atoms with van der Waals surface area (Å²) < 4.78 is 12.0. The molecule has 1 aliphatic heterocycles. The SMILES string of the molecule is COC(=O)C1=C(N)n2c(s/c(=C\c3ccc(SC)cc3)c2=O)=C(C(=O)OC)C1c1ccc(SC)cc1. The van der Waals surface area contributed by atoms with Gasteiger partial charge in [0, 0.05) is 9.79 Å². The molecule has 1 atom stereocenters. The number of hydrogen-bond donors (Lipinski definition) is 1. The number of hydrogen-bond acceptors (Lipinski definition) is 9. The minimum Gasteiger partial charge on any atom is -0.466 e. The van der Waals surface area contributed by atoms with Gasteiger partial charge >= 0.3 is 11.9 Å². The first-order valence-corrected chi connectivity index (χ1v) is 14.0. The van der Waals surface area contributed by atoms with E-state index < -0.39 is 23.4 Å². The summed E-state index contributed by atoms with van der Waals surface area (Å²) in [6.45, 7) is 0. The van der Waals surface area contributed by atoms with Crippen molar-refractivity contribution in [2.24, 2.45) is 5.73 Å². The van der Waals surface area contributed by atoms with E-state index in [1.54, 1.807) is 29.6 Å². The van der Waals surface area contributed by atoms with Crippen molar-refractivity contribution < 1.29 is 19.1 Å². The van der Waals surface area contributed by atoms with E-state index >= 15 is 0 Å². The molecular weight excluding hydrogens is 516 g/mol. The Morgan fingerprint density at radius 1 is 0.917 bits per heavy atom. The number of aromatic nitrogens is 1. The highest BCUT2D eigenvalue weighted by molar-refractivity contribution is 7.98. The van der Waals surface area contributed by atoms with E-state index in [2.05, 4.69) is 0 Å². The molecule has 0 spiro atoms. The molecule has 1 aliphatic rings. The van der Waals surface area contributed by atoms with Crippen LogP contribution in [0, 0.1) is 0 Å². The molecule has 10 heteroatoms. The molecule has 0 saturated heterocycles. The number of carbonyl (C=O) groups is 2. The second kappa shape index (κ2) is 10.8. The van der Waals surface area contributed by atoms with Crippen LogP contribution >= 0.6 is 34.9 Å². The number of carbonyl (C=O) groups excluding carboxylic acids is 2. The van der Waals surface area contributed by atoms with Crippen LogP contribution in [0.3, 0.4) is 0 Å². The fourth-order valence-corrected chi connectivity index (χ4v) is 6.03. The van der Waals surface area contributed by atoms with Crippen LogP contribution in [0.4, 0.5) is 0 Å². The number of fused-ring (bicyclic) bond motifs is 1. The van der Waals surface area contributed by atoms with Crippen LogP contribution in [0.15, 0.2) is 68.7 Å². The number of methoxy groups -OCH3 is 2. The summed E-state index contributed by atoms with van der Waals surface area (Å²) in [7, 11) is 2.50. The predicted octanol–water partition coefficient (Wildman–Crippen LogP) is 2.60. The lowest BCUT2D eigenvalue weighted by Crippen LogP contribution is -2.41. The summed E-state index contributed by atoms with van der Waals surface area (Å²) >= 11 is 4.32. The molecule has 7 nitrogen and oxygen atoms in total. The van der Waals surface area contributed by atoms with Crippen LogP contribution in [-0.2, 0) is 19.1 Å². The fraction of sp³-hybridized carbons (Fsp3) is 0.192. The van der Waals surface area contributed by atoms with E-state index in [9.17, 15) is 14.4 Å². The molecule has 2 aromatic carbocycles. The zero-order chi connectivity index (χ0) is 26.0. The lowest BCUT2D eigenvalue weighted by atomic mass is 9.83. The number of benzene rings is 2. The first kappa shape index (κ1) is 25.9. The second-order valence-corrected chi connectivity index (χ2v) is 10.5. The molecular formula is C26H24N2O5S3. The molecule has 0 fully saturated rings. The number of ether oxygens (including phenoxy) is 2. The smallest absolute Gasteiger partial charge is 0.338 e. The van der Waals surface area contributed by atoms with E-state index in [0.717, 1.165) is 26.7 Å². The Hall–Kier alpha value is -3.21. The number of nitrogens with two attached hydrogens (primary N) is 1. The summed E-state index contributed by atoms with van der Waals surface area (Å²) in [6.07, 6.45) is 5.68. The van der Waals surface area contributed by atoms with E-state index in [1.165, 1.54) is 18.8 Å². The van der Waals surface area contributed by atoms with Crippen molar-refractivity contribution in [2.75, 3.05) is 26.7 Å². The first-order valence-electron chi connectivity index (χ1n) is 10.8. The maximum atomic E-state index is 13.5. The summed E-state index contributed by atoms with van der Waals surface area (Å²) in [5.41, 5.74) is 7.68. The minimum absolute atomic E-state index is 0.0121. The Kier molecular flexibility index (Phi) is 7.77. The Balaban J connectivity index is 2.06. The van der Waals surface area contributed by atoms with Gasteiger partial charge in [-0.3, -0.25) is 9.36 Å². The molecule has 0 radical (unpaired) electrons. The molecule has 2 N–H and O–H groups in total. The number of esters is 2. The summed E-state index contributed by atoms with van der Waals surface area (Å²) in [5.74, 6) is -2.32. The van der Waals surface area contributed by atoms with Gasteiger partial charge in [0.2, 0.25) is 0 Å². The Morgan fingerprint density at radius 2 is 1.44 bits per heavy atom. The van der Waals surface area contributed by atoms with E-state index in [4.69, 9.17) is 15.2 Å². The van der Waals surface area contributed by atoms with Gasteiger partial charge in [-0.1, -0.05) is 24.3 Å². The van der Waals surface area contributed by atoms with Crippen molar-refractivity contribution in [2.45, 2.75) is 15.7 Å². The van der Waals surface area contributed by atoms with Gasteiger partial charge in [-0.2, -0.15) is 0 Å². The summed E-state index contributed by atoms with van der Waals surface area (Å²) in [6, 6.07) is 15.2. The van der Waals surface area contributed by atoms with Crippen molar-refractivity contribution in [3.63, 3.8) is 0 Å². The molecule has 186 valence electrons. The van der Waals surface area contributed by atoms with Gasteiger partial charge in [0.1, 0.15) is 10.5 Å². The highest BCUT2D eigenvalue weighted by Gasteiger charge is 2.39. The molecule has 1 unspecified atom stereocenters. The van der Waals surface area contributed by atoms with Crippen molar-refractivity contribution >= 4 is 64.3 Å². The first-order chi connectivity index (χ1) is 17.3. The van der Waals surface area contributed by atoms with E-state index in [0.29, 0.717) is 14.8 Å². The van der Waals surface area contributed by atoms with Crippen molar-refractivity contribution in [1.82, 2.24) is 4.57 Å². The zero-order valence-electron chi connectivity index (χ0n) is 20.1. The van der Waals surface area contributed by atoms with Gasteiger partial charge in [-0.15, -0.1) is 34.9 Å². The molecule has 36 heavy (non-hydrogen) atoms. The van der Waals surface area contributed by atoms with Crippen molar-refractivity contribution in [1.29, 1.82) is 0 Å². The molecule has 0 aliphatic carbocycles. The van der Waals surface area contributed by atoms with E-state index in [-0.39, 0.29) is 17.0 Å². The van der Waals surface area contributed by atoms with Gasteiger partial charge in [-0.05, 0) is 54.0 Å². The average molecular weight is 541 g/mol. The second-order valence-electron chi connectivity index (χ2n) is 7.73. The third-order valence-corrected chi connectivity index (χ3v) is 8.42. The fourth-order valence-electron chi connectivity index (χ4n) is 4.05. The number of thioether (sulfide) groups is 2. The van der Waals surface area contributed by atoms with Crippen LogP contribution in [-0.4, -0.2) is 43.2 Å². The highest BCUT2D eigenvalue weighted by Crippen LogP contribution is 2.38. The maximum Gasteiger partial charge on any atom is 0.338 e. The zero-order valence-corrected chi connectivity index (χ0v) is 22.5. The average Bonchev–Trinajstić information content (AvgIpc) is 3.23. The van der Waals surface area contributed by atoms with Gasteiger partial charge in [-0.25, -0.2) is 9.59 Å². The molecule has 0 bridgehead atoms. The largest absolute Gasteiger partial charge is 0.466 e. The van der Waals surface area contributed by atoms with Gasteiger partial charge < -0.3 is 15.2 Å². The molecule has 3 aromatic rings. The molecule has 1 aromatic heterocycles. The van der Waals surface area contributed by atoms with Crippen molar-refractivity contribution in [3.05, 3.63) is 84.8 Å². The quantitative estimate of drug-likeness (QED) is 0.376. The molecule has 0 amide bonds. The minimum atomic E-state index is -0.868. The number of thiazole rings is 1. The van der Waals surface area contributed by atoms with Gasteiger partial charge in [0.05, 0.1) is 35.8 Å². The molecule has 4 rings (SSSR count). The third kappa shape index (κ3) is 4.63. The lowest BCUT2D eigenvalue weighted by molar-refractivity contribution is -0.136. The van der Waals surface area contributed by atoms with Gasteiger partial charge in [0.15, 0.2) is 0 Å². The highest BCUT2D eigenvalue weighted by atomic mass is 32.2. The number of nitrogens with zero attached hydrogens (tertiary/aromatic N) is 1. The monoisotopic (exact) mass is 540 g/mol. The van der Waals surface area contributed by atoms with Crippen LogP contribution in [0.2, 0.25) is 0 Å². The summed E-state index contributed by atoms with van der Waals surface area (Å²) in [5, 5.41) is 0. The Morgan fingerprint density at radius 3 is 1.97 bits per heavy atom. The Labute approximate surface area is 220 Å². The topological polar surface area (TPSA) is 101 Å². The van der Waals surface area contributed by atoms with Crippen molar-refractivity contribution in [3.8, 4) is 0 Å². The third-order valence-electron chi connectivity index (χ3n) is 5.82. The summed E-state index contributed by atoms with van der Waals surface area (Å²) in [4.78, 5) is 41.7. The Bertz CT molecular complexity index is 1530. The number of rotatable bonds is 6. The standard InChI is InChI=1S/C26H24N2O5S3/c1-32-25(30)20-19(15-7-11-17(35-4)12-8-15)21(26(31)33-2)24-28(22(20)27)23(29)18(36-24)13-14-5-9-16(34-3)10-6-14/h5-13,19H,27H2,1-4H3/b18-13-. The predicted molar refractivity (Wildman–Crippen MR) is 145 cm³/mol.